The van der Waals surface area contributed by atoms with E-state index < -0.39 is 0 Å². The smallest absolute Gasteiger partial charge is 0.282 e. The number of hydrogen-bond donors (Lipinski definition) is 2. The topological polar surface area (TPSA) is 68.6 Å². The fourth-order valence-corrected chi connectivity index (χ4v) is 4.42. The molecule has 0 atom stereocenters. The van der Waals surface area contributed by atoms with Crippen molar-refractivity contribution in [1.82, 2.24) is 0 Å². The van der Waals surface area contributed by atoms with Crippen LogP contribution in [0.2, 0.25) is 0 Å². The lowest BCUT2D eigenvalue weighted by atomic mass is 10.1. The highest BCUT2D eigenvalue weighted by atomic mass is 32.2. The number of phenolic OH excluding ortho intramolecular Hbond substituents is 2. The van der Waals surface area contributed by atoms with Crippen molar-refractivity contribution in [2.75, 3.05) is 0 Å². The summed E-state index contributed by atoms with van der Waals surface area (Å²) in [4.78, 5) is 4.16. The maximum Gasteiger partial charge on any atom is 0.282 e. The maximum atomic E-state index is 10.3. The van der Waals surface area contributed by atoms with Crippen LogP contribution in [0.1, 0.15) is 0 Å². The number of nitriles is 1. The Kier molecular flexibility index (Phi) is 2.98. The minimum Gasteiger partial charge on any atom is -0.506 e. The molecule has 0 spiro atoms. The van der Waals surface area contributed by atoms with Crippen LogP contribution in [-0.4, -0.2) is 10.2 Å². The van der Waals surface area contributed by atoms with Crippen LogP contribution in [0.3, 0.4) is 0 Å². The summed E-state index contributed by atoms with van der Waals surface area (Å²) in [5.74, 6) is 0.145. The first-order valence-corrected chi connectivity index (χ1v) is 7.14. The number of phenols is 2. The molecule has 0 radical (unpaired) electrons. The Hall–Kier alpha value is -2.28. The van der Waals surface area contributed by atoms with E-state index in [9.17, 15) is 10.2 Å². The molecule has 6 heteroatoms. The Morgan fingerprint density at radius 1 is 1.10 bits per heavy atom. The molecule has 0 saturated carbocycles. The molecule has 2 N–H and O–H groups in total. The second-order valence-electron chi connectivity index (χ2n) is 3.96. The number of aromatic hydroxyl groups is 2. The van der Waals surface area contributed by atoms with Crippen molar-refractivity contribution in [3.63, 3.8) is 0 Å². The van der Waals surface area contributed by atoms with Gasteiger partial charge in [0, 0.05) is 10.8 Å². The van der Waals surface area contributed by atoms with Gasteiger partial charge in [-0.2, -0.15) is 0 Å². The van der Waals surface area contributed by atoms with Gasteiger partial charge in [0.05, 0.1) is 26.7 Å². The third-order valence-electron chi connectivity index (χ3n) is 2.87. The quantitative estimate of drug-likeness (QED) is 0.436. The first-order chi connectivity index (χ1) is 9.67. The molecule has 0 amide bonds. The Morgan fingerprint density at radius 2 is 1.60 bits per heavy atom. The molecule has 0 aliphatic carbocycles. The van der Waals surface area contributed by atoms with E-state index in [4.69, 9.17) is 11.8 Å². The first kappa shape index (κ1) is 12.7. The van der Waals surface area contributed by atoms with Crippen molar-refractivity contribution in [2.45, 2.75) is 9.79 Å². The minimum atomic E-state index is -0.0287. The van der Waals surface area contributed by atoms with Gasteiger partial charge in [0.1, 0.15) is 11.5 Å². The van der Waals surface area contributed by atoms with Gasteiger partial charge in [-0.25, -0.2) is 10.1 Å². The standard InChI is InChI=1S/C14H6N2O2S2/c1-16-9(6-15)14-19-12-10(17)7-4-2-3-5-8(7)11(18)13(12)20-14/h2-5,17-18H. The van der Waals surface area contributed by atoms with Crippen LogP contribution >= 0.6 is 23.5 Å². The van der Waals surface area contributed by atoms with E-state index in [1.54, 1.807) is 24.3 Å². The van der Waals surface area contributed by atoms with Crippen molar-refractivity contribution < 1.29 is 10.2 Å². The van der Waals surface area contributed by atoms with Gasteiger partial charge < -0.3 is 10.2 Å². The van der Waals surface area contributed by atoms with E-state index in [1.165, 1.54) is 0 Å². The van der Waals surface area contributed by atoms with Crippen molar-refractivity contribution in [1.29, 1.82) is 5.26 Å². The summed E-state index contributed by atoms with van der Waals surface area (Å²) < 4.78 is 0.485. The third-order valence-corrected chi connectivity index (χ3v) is 5.46. The summed E-state index contributed by atoms with van der Waals surface area (Å²) >= 11 is 2.29. The number of nitrogens with zero attached hydrogens (tertiary/aromatic N) is 2. The van der Waals surface area contributed by atoms with Crippen molar-refractivity contribution in [3.8, 4) is 17.6 Å². The zero-order valence-electron chi connectivity index (χ0n) is 9.91. The zero-order valence-corrected chi connectivity index (χ0v) is 11.5. The van der Waals surface area contributed by atoms with Crippen LogP contribution in [0.4, 0.5) is 0 Å². The SMILES string of the molecule is [C-]#[N+]C(C#N)=C1Sc2c(c(O)c3ccccc3c2O)S1. The average molecular weight is 298 g/mol. The normalized spacial score (nSPS) is 12.8. The van der Waals surface area contributed by atoms with E-state index in [-0.39, 0.29) is 17.2 Å². The largest absolute Gasteiger partial charge is 0.506 e. The molecule has 0 bridgehead atoms. The zero-order chi connectivity index (χ0) is 14.3. The van der Waals surface area contributed by atoms with Gasteiger partial charge in [-0.3, -0.25) is 0 Å². The number of thioether (sulfide) groups is 2. The Balaban J connectivity index is 2.31. The van der Waals surface area contributed by atoms with Gasteiger partial charge >= 0.3 is 0 Å². The molecule has 3 rings (SSSR count). The van der Waals surface area contributed by atoms with Gasteiger partial charge in [-0.1, -0.05) is 47.8 Å². The van der Waals surface area contributed by atoms with Crippen LogP contribution < -0.4 is 0 Å². The van der Waals surface area contributed by atoms with E-state index in [0.29, 0.717) is 24.8 Å². The summed E-state index contributed by atoms with van der Waals surface area (Å²) in [7, 11) is 0. The second-order valence-corrected chi connectivity index (χ2v) is 6.26. The monoisotopic (exact) mass is 298 g/mol. The molecule has 1 aliphatic rings. The van der Waals surface area contributed by atoms with E-state index in [1.807, 2.05) is 6.07 Å². The van der Waals surface area contributed by atoms with Gasteiger partial charge in [0.15, 0.2) is 0 Å². The molecule has 96 valence electrons. The van der Waals surface area contributed by atoms with E-state index in [0.717, 1.165) is 23.5 Å². The first-order valence-electron chi connectivity index (χ1n) is 5.51. The number of hydrogen-bond acceptors (Lipinski definition) is 5. The Morgan fingerprint density at radius 3 is 2.00 bits per heavy atom. The van der Waals surface area contributed by atoms with Gasteiger partial charge in [-0.05, 0) is 0 Å². The molecule has 4 nitrogen and oxygen atoms in total. The predicted octanol–water partition coefficient (Wildman–Crippen LogP) is 4.06. The van der Waals surface area contributed by atoms with Crippen LogP contribution in [-0.2, 0) is 0 Å². The van der Waals surface area contributed by atoms with Gasteiger partial charge in [-0.15, -0.1) is 0 Å². The minimum absolute atomic E-state index is 0.0287. The fourth-order valence-electron chi connectivity index (χ4n) is 1.96. The molecular weight excluding hydrogens is 292 g/mol. The lowest BCUT2D eigenvalue weighted by molar-refractivity contribution is 0.446. The maximum absolute atomic E-state index is 10.3. The number of rotatable bonds is 0. The fraction of sp³-hybridized carbons (Fsp3) is 0. The van der Waals surface area contributed by atoms with Gasteiger partial charge in [0.25, 0.3) is 5.70 Å². The van der Waals surface area contributed by atoms with Crippen LogP contribution in [0.15, 0.2) is 44.0 Å². The lowest BCUT2D eigenvalue weighted by Gasteiger charge is -2.08. The van der Waals surface area contributed by atoms with Crippen LogP contribution in [0.5, 0.6) is 11.5 Å². The van der Waals surface area contributed by atoms with Crippen molar-refractivity contribution in [3.05, 3.63) is 45.6 Å². The van der Waals surface area contributed by atoms with Crippen molar-refractivity contribution in [2.24, 2.45) is 0 Å². The summed E-state index contributed by atoms with van der Waals surface area (Å²) in [5, 5.41) is 30.7. The highest BCUT2D eigenvalue weighted by Gasteiger charge is 2.29. The average Bonchev–Trinajstić information content (AvgIpc) is 2.92. The molecular formula is C14H6N2O2S2. The van der Waals surface area contributed by atoms with Crippen LogP contribution in [0, 0.1) is 17.9 Å². The molecule has 0 unspecified atom stereocenters. The Bertz CT molecular complexity index is 792. The van der Waals surface area contributed by atoms with E-state index in [2.05, 4.69) is 4.85 Å². The molecule has 20 heavy (non-hydrogen) atoms. The molecule has 1 aliphatic heterocycles. The molecule has 2 aromatic carbocycles. The third kappa shape index (κ3) is 1.70. The number of fused-ring (bicyclic) bond motifs is 2. The summed E-state index contributed by atoms with van der Waals surface area (Å²) in [6.07, 6.45) is 0. The molecule has 0 aromatic heterocycles. The summed E-state index contributed by atoms with van der Waals surface area (Å²) in [6, 6.07) is 8.82. The number of benzene rings is 2. The Labute approximate surface area is 123 Å². The highest BCUT2D eigenvalue weighted by molar-refractivity contribution is 8.24. The molecule has 0 saturated heterocycles. The predicted molar refractivity (Wildman–Crippen MR) is 78.2 cm³/mol. The van der Waals surface area contributed by atoms with Crippen molar-refractivity contribution >= 4 is 34.3 Å². The second kappa shape index (κ2) is 4.68. The summed E-state index contributed by atoms with van der Waals surface area (Å²) in [5.41, 5.74) is -0.0287. The molecule has 1 heterocycles. The molecule has 0 fully saturated rings. The van der Waals surface area contributed by atoms with Crippen LogP contribution in [0.25, 0.3) is 15.6 Å². The summed E-state index contributed by atoms with van der Waals surface area (Å²) in [6.45, 7) is 6.98. The van der Waals surface area contributed by atoms with Gasteiger partial charge in [0.2, 0.25) is 0 Å². The molecule has 2 aromatic rings. The lowest BCUT2D eigenvalue weighted by Crippen LogP contribution is -1.81. The number of allylic oxidation sites excluding steroid dienone is 1. The van der Waals surface area contributed by atoms with E-state index >= 15 is 0 Å². The highest BCUT2D eigenvalue weighted by Crippen LogP contribution is 2.60.